The molecule has 2 aromatic rings. The van der Waals surface area contributed by atoms with Crippen molar-refractivity contribution in [1.29, 1.82) is 0 Å². The summed E-state index contributed by atoms with van der Waals surface area (Å²) in [6, 6.07) is 15.4. The third kappa shape index (κ3) is 7.03. The molecule has 4 N–H and O–H groups in total. The lowest BCUT2D eigenvalue weighted by Crippen LogP contribution is -2.55. The Hall–Kier alpha value is -3.95. The van der Waals surface area contributed by atoms with Gasteiger partial charge >= 0.3 is 18.1 Å². The molecule has 1 fully saturated rings. The molecule has 0 spiro atoms. The summed E-state index contributed by atoms with van der Waals surface area (Å²) >= 11 is 0. The number of carbonyl (C=O) groups is 3. The van der Waals surface area contributed by atoms with Crippen LogP contribution in [0.2, 0.25) is 0 Å². The SMILES string of the molecule is COC(=O)[C@H](CNC(=O)N1CCN(c2cccc(N)c2)CC1)NC(=O)OCc1ccccc1. The molecule has 1 saturated heterocycles. The Morgan fingerprint density at radius 1 is 1.03 bits per heavy atom. The summed E-state index contributed by atoms with van der Waals surface area (Å²) in [7, 11) is 1.21. The maximum absolute atomic E-state index is 12.6. The number of anilines is 2. The molecule has 1 heterocycles. The van der Waals surface area contributed by atoms with E-state index in [1.807, 2.05) is 54.6 Å². The van der Waals surface area contributed by atoms with Gasteiger partial charge in [-0.2, -0.15) is 0 Å². The number of nitrogen functional groups attached to an aromatic ring is 1. The van der Waals surface area contributed by atoms with Crippen molar-refractivity contribution in [2.24, 2.45) is 0 Å². The maximum Gasteiger partial charge on any atom is 0.408 e. The van der Waals surface area contributed by atoms with Crippen LogP contribution in [0.3, 0.4) is 0 Å². The Morgan fingerprint density at radius 2 is 1.76 bits per heavy atom. The van der Waals surface area contributed by atoms with Crippen LogP contribution in [0.25, 0.3) is 0 Å². The highest BCUT2D eigenvalue weighted by Gasteiger charge is 2.26. The van der Waals surface area contributed by atoms with Crippen molar-refractivity contribution < 1.29 is 23.9 Å². The number of alkyl carbamates (subject to hydrolysis) is 1. The average molecular weight is 456 g/mol. The van der Waals surface area contributed by atoms with Crippen LogP contribution in [0.5, 0.6) is 0 Å². The first-order valence-corrected chi connectivity index (χ1v) is 10.6. The van der Waals surface area contributed by atoms with E-state index in [0.29, 0.717) is 31.9 Å². The number of amides is 3. The van der Waals surface area contributed by atoms with Crippen LogP contribution in [0, 0.1) is 0 Å². The minimum atomic E-state index is -1.07. The van der Waals surface area contributed by atoms with Crippen LogP contribution in [0.4, 0.5) is 21.0 Å². The zero-order valence-corrected chi connectivity index (χ0v) is 18.5. The molecule has 3 amide bonds. The van der Waals surface area contributed by atoms with Crippen LogP contribution >= 0.6 is 0 Å². The second-order valence-electron chi connectivity index (χ2n) is 7.54. The van der Waals surface area contributed by atoms with E-state index < -0.39 is 18.1 Å². The van der Waals surface area contributed by atoms with Crippen LogP contribution in [-0.2, 0) is 20.9 Å². The number of esters is 1. The van der Waals surface area contributed by atoms with Gasteiger partial charge in [0.25, 0.3) is 0 Å². The molecule has 1 aliphatic rings. The normalized spacial score (nSPS) is 14.2. The summed E-state index contributed by atoms with van der Waals surface area (Å²) in [4.78, 5) is 40.6. The number of hydrogen-bond donors (Lipinski definition) is 3. The van der Waals surface area contributed by atoms with Crippen LogP contribution < -0.4 is 21.3 Å². The zero-order valence-electron chi connectivity index (χ0n) is 18.5. The van der Waals surface area contributed by atoms with Crippen molar-refractivity contribution in [3.05, 3.63) is 60.2 Å². The highest BCUT2D eigenvalue weighted by atomic mass is 16.6. The number of nitrogens with one attached hydrogen (secondary N) is 2. The Kier molecular flexibility index (Phi) is 8.34. The number of carbonyl (C=O) groups excluding carboxylic acids is 3. The third-order valence-corrected chi connectivity index (χ3v) is 5.25. The molecule has 0 aromatic heterocycles. The first kappa shape index (κ1) is 23.7. The molecule has 176 valence electrons. The van der Waals surface area contributed by atoms with Gasteiger partial charge in [0.2, 0.25) is 0 Å². The lowest BCUT2D eigenvalue weighted by atomic mass is 10.2. The molecule has 0 bridgehead atoms. The zero-order chi connectivity index (χ0) is 23.6. The van der Waals surface area contributed by atoms with Crippen molar-refractivity contribution in [3.8, 4) is 0 Å². The van der Waals surface area contributed by atoms with E-state index in [2.05, 4.69) is 15.5 Å². The summed E-state index contributed by atoms with van der Waals surface area (Å²) in [5.74, 6) is -0.682. The lowest BCUT2D eigenvalue weighted by molar-refractivity contribution is -0.142. The molecule has 0 saturated carbocycles. The van der Waals surface area contributed by atoms with Gasteiger partial charge in [0.05, 0.1) is 13.7 Å². The number of methoxy groups -OCH3 is 1. The summed E-state index contributed by atoms with van der Waals surface area (Å²) in [5.41, 5.74) is 8.37. The highest BCUT2D eigenvalue weighted by Crippen LogP contribution is 2.19. The van der Waals surface area contributed by atoms with E-state index in [1.165, 1.54) is 7.11 Å². The topological polar surface area (TPSA) is 126 Å². The van der Waals surface area contributed by atoms with Crippen LogP contribution in [-0.4, -0.2) is 68.9 Å². The van der Waals surface area contributed by atoms with Gasteiger partial charge in [0, 0.05) is 37.6 Å². The van der Waals surface area contributed by atoms with Gasteiger partial charge in [0.1, 0.15) is 12.6 Å². The van der Waals surface area contributed by atoms with E-state index in [1.54, 1.807) is 4.90 Å². The van der Waals surface area contributed by atoms with Crippen molar-refractivity contribution in [2.75, 3.05) is 50.5 Å². The molecule has 0 radical (unpaired) electrons. The third-order valence-electron chi connectivity index (χ3n) is 5.25. The minimum Gasteiger partial charge on any atom is -0.467 e. The summed E-state index contributed by atoms with van der Waals surface area (Å²) in [5, 5.41) is 5.13. The standard InChI is InChI=1S/C23H29N5O5/c1-32-21(29)20(26-23(31)33-16-17-6-3-2-4-7-17)15-25-22(30)28-12-10-27(11-13-28)19-9-5-8-18(24)14-19/h2-9,14,20H,10-13,15-16,24H2,1H3,(H,25,30)(H,26,31)/t20-/m0/s1. The number of ether oxygens (including phenoxy) is 2. The quantitative estimate of drug-likeness (QED) is 0.427. The number of rotatable bonds is 7. The van der Waals surface area contributed by atoms with Gasteiger partial charge in [0.15, 0.2) is 0 Å². The second-order valence-corrected chi connectivity index (χ2v) is 7.54. The van der Waals surface area contributed by atoms with E-state index in [4.69, 9.17) is 15.2 Å². The second kappa shape index (κ2) is 11.6. The highest BCUT2D eigenvalue weighted by molar-refractivity contribution is 5.82. The molecule has 1 atom stereocenters. The summed E-state index contributed by atoms with van der Waals surface area (Å²) in [6.07, 6.45) is -0.778. The van der Waals surface area contributed by atoms with Gasteiger partial charge in [-0.1, -0.05) is 36.4 Å². The average Bonchev–Trinajstić information content (AvgIpc) is 2.85. The number of piperazine rings is 1. The Labute approximate surface area is 192 Å². The predicted octanol–water partition coefficient (Wildman–Crippen LogP) is 1.57. The van der Waals surface area contributed by atoms with Crippen molar-refractivity contribution >= 4 is 29.5 Å². The van der Waals surface area contributed by atoms with Gasteiger partial charge < -0.3 is 35.6 Å². The minimum absolute atomic E-state index is 0.0598. The van der Waals surface area contributed by atoms with E-state index >= 15 is 0 Å². The van der Waals surface area contributed by atoms with Gasteiger partial charge in [-0.15, -0.1) is 0 Å². The molecule has 10 nitrogen and oxygen atoms in total. The van der Waals surface area contributed by atoms with Crippen molar-refractivity contribution in [2.45, 2.75) is 12.6 Å². The Balaban J connectivity index is 1.45. The molecule has 0 aliphatic carbocycles. The summed E-state index contributed by atoms with van der Waals surface area (Å²) in [6.45, 7) is 2.26. The first-order valence-electron chi connectivity index (χ1n) is 10.6. The monoisotopic (exact) mass is 455 g/mol. The number of nitrogens with two attached hydrogens (primary N) is 1. The van der Waals surface area contributed by atoms with Crippen molar-refractivity contribution in [1.82, 2.24) is 15.5 Å². The largest absolute Gasteiger partial charge is 0.467 e. The van der Waals surface area contributed by atoms with Gasteiger partial charge in [-0.05, 0) is 23.8 Å². The predicted molar refractivity (Wildman–Crippen MR) is 124 cm³/mol. The molecular formula is C23H29N5O5. The van der Waals surface area contributed by atoms with Gasteiger partial charge in [-0.3, -0.25) is 0 Å². The lowest BCUT2D eigenvalue weighted by Gasteiger charge is -2.36. The number of nitrogens with zero attached hydrogens (tertiary/aromatic N) is 2. The number of hydrogen-bond acceptors (Lipinski definition) is 7. The Bertz CT molecular complexity index is 947. The van der Waals surface area contributed by atoms with Crippen LogP contribution in [0.15, 0.2) is 54.6 Å². The van der Waals surface area contributed by atoms with Crippen LogP contribution in [0.1, 0.15) is 5.56 Å². The molecule has 2 aromatic carbocycles. The van der Waals surface area contributed by atoms with Crippen molar-refractivity contribution in [3.63, 3.8) is 0 Å². The fraction of sp³-hybridized carbons (Fsp3) is 0.348. The Morgan fingerprint density at radius 3 is 2.42 bits per heavy atom. The molecule has 33 heavy (non-hydrogen) atoms. The van der Waals surface area contributed by atoms with Gasteiger partial charge in [-0.25, -0.2) is 14.4 Å². The molecule has 3 rings (SSSR count). The molecule has 1 aliphatic heterocycles. The van der Waals surface area contributed by atoms with E-state index in [0.717, 1.165) is 11.3 Å². The molecule has 10 heteroatoms. The fourth-order valence-electron chi connectivity index (χ4n) is 3.43. The number of benzene rings is 2. The number of urea groups is 1. The fourth-order valence-corrected chi connectivity index (χ4v) is 3.43. The van der Waals surface area contributed by atoms with E-state index in [9.17, 15) is 14.4 Å². The smallest absolute Gasteiger partial charge is 0.408 e. The maximum atomic E-state index is 12.6. The first-order chi connectivity index (χ1) is 16.0. The molecule has 0 unspecified atom stereocenters. The molecular weight excluding hydrogens is 426 g/mol. The van der Waals surface area contributed by atoms with E-state index in [-0.39, 0.29) is 19.2 Å². The summed E-state index contributed by atoms with van der Waals surface area (Å²) < 4.78 is 9.88.